The van der Waals surface area contributed by atoms with Crippen molar-refractivity contribution in [2.45, 2.75) is 45.0 Å². The SMILES string of the molecule is Cc1c(Oc2ncc(C(F)(F)F)c(C)c2-c2cc(=O)c3c(N(C)C4CC(O)C4)nccc3[nH]2)ccc(F)c1F. The number of ether oxygens (including phenoxy) is 1. The molecule has 2 N–H and O–H groups in total. The van der Waals surface area contributed by atoms with Crippen LogP contribution in [0.2, 0.25) is 0 Å². The summed E-state index contributed by atoms with van der Waals surface area (Å²) in [5.74, 6) is -2.40. The van der Waals surface area contributed by atoms with Crippen molar-refractivity contribution in [3.05, 3.63) is 75.2 Å². The van der Waals surface area contributed by atoms with E-state index in [1.165, 1.54) is 26.1 Å². The van der Waals surface area contributed by atoms with Crippen molar-refractivity contribution in [3.8, 4) is 22.9 Å². The van der Waals surface area contributed by atoms with E-state index in [0.29, 0.717) is 30.4 Å². The number of aromatic amines is 1. The van der Waals surface area contributed by atoms with Gasteiger partial charge in [0.1, 0.15) is 11.6 Å². The maximum atomic E-state index is 14.2. The van der Waals surface area contributed by atoms with Crippen molar-refractivity contribution in [1.82, 2.24) is 15.0 Å². The van der Waals surface area contributed by atoms with Crippen LogP contribution in [0.4, 0.5) is 27.8 Å². The van der Waals surface area contributed by atoms with E-state index < -0.39 is 34.9 Å². The van der Waals surface area contributed by atoms with E-state index in [-0.39, 0.29) is 45.4 Å². The van der Waals surface area contributed by atoms with E-state index in [0.717, 1.165) is 18.2 Å². The number of nitrogens with zero attached hydrogens (tertiary/aromatic N) is 3. The lowest BCUT2D eigenvalue weighted by molar-refractivity contribution is -0.138. The minimum Gasteiger partial charge on any atom is -0.438 e. The smallest absolute Gasteiger partial charge is 0.418 e. The molecule has 0 bridgehead atoms. The van der Waals surface area contributed by atoms with Crippen molar-refractivity contribution in [2.24, 2.45) is 0 Å². The Labute approximate surface area is 218 Å². The third kappa shape index (κ3) is 4.69. The molecule has 0 radical (unpaired) electrons. The largest absolute Gasteiger partial charge is 0.438 e. The molecule has 0 amide bonds. The highest BCUT2D eigenvalue weighted by atomic mass is 19.4. The lowest BCUT2D eigenvalue weighted by Gasteiger charge is -2.39. The fraction of sp³-hybridized carbons (Fsp3) is 0.296. The van der Waals surface area contributed by atoms with Gasteiger partial charge in [-0.05, 0) is 50.5 Å². The van der Waals surface area contributed by atoms with Gasteiger partial charge in [0.25, 0.3) is 0 Å². The number of rotatable bonds is 5. The quantitative estimate of drug-likeness (QED) is 0.315. The van der Waals surface area contributed by atoms with Crippen molar-refractivity contribution < 1.29 is 31.8 Å². The molecule has 3 aromatic heterocycles. The van der Waals surface area contributed by atoms with Crippen LogP contribution < -0.4 is 15.1 Å². The molecule has 5 rings (SSSR count). The van der Waals surface area contributed by atoms with E-state index in [9.17, 15) is 31.9 Å². The van der Waals surface area contributed by atoms with Gasteiger partial charge in [-0.2, -0.15) is 13.2 Å². The molecule has 0 aliphatic heterocycles. The molecule has 7 nitrogen and oxygen atoms in total. The number of hydrogen-bond acceptors (Lipinski definition) is 6. The average Bonchev–Trinajstić information content (AvgIpc) is 2.85. The molecule has 1 fully saturated rings. The molecular weight excluding hydrogens is 523 g/mol. The fourth-order valence-electron chi connectivity index (χ4n) is 4.74. The van der Waals surface area contributed by atoms with Crippen LogP contribution in [0.1, 0.15) is 29.5 Å². The maximum absolute atomic E-state index is 14.2. The molecular formula is C27H23F5N4O3. The highest BCUT2D eigenvalue weighted by Crippen LogP contribution is 2.41. The van der Waals surface area contributed by atoms with E-state index >= 15 is 0 Å². The summed E-state index contributed by atoms with van der Waals surface area (Å²) < 4.78 is 74.9. The molecule has 1 aliphatic carbocycles. The summed E-state index contributed by atoms with van der Waals surface area (Å²) in [6.07, 6.45) is -2.10. The van der Waals surface area contributed by atoms with Crippen molar-refractivity contribution in [3.63, 3.8) is 0 Å². The fourth-order valence-corrected chi connectivity index (χ4v) is 4.74. The summed E-state index contributed by atoms with van der Waals surface area (Å²) in [7, 11) is 1.75. The van der Waals surface area contributed by atoms with Crippen LogP contribution in [-0.2, 0) is 6.18 Å². The summed E-state index contributed by atoms with van der Waals surface area (Å²) in [4.78, 5) is 26.4. The summed E-state index contributed by atoms with van der Waals surface area (Å²) in [5, 5.41) is 9.90. The van der Waals surface area contributed by atoms with Crippen LogP contribution >= 0.6 is 0 Å². The predicted octanol–water partition coefficient (Wildman–Crippen LogP) is 5.65. The molecule has 4 aromatic rings. The van der Waals surface area contributed by atoms with Gasteiger partial charge in [0.15, 0.2) is 17.1 Å². The summed E-state index contributed by atoms with van der Waals surface area (Å²) in [6.45, 7) is 2.47. The number of alkyl halides is 3. The number of pyridine rings is 3. The van der Waals surface area contributed by atoms with E-state index in [2.05, 4.69) is 15.0 Å². The van der Waals surface area contributed by atoms with Gasteiger partial charge in [-0.3, -0.25) is 4.79 Å². The Balaban J connectivity index is 1.68. The van der Waals surface area contributed by atoms with Crippen LogP contribution in [0, 0.1) is 25.5 Å². The molecule has 0 unspecified atom stereocenters. The average molecular weight is 546 g/mol. The van der Waals surface area contributed by atoms with Crippen LogP contribution in [0.25, 0.3) is 22.2 Å². The van der Waals surface area contributed by atoms with E-state index in [4.69, 9.17) is 4.74 Å². The molecule has 12 heteroatoms. The molecule has 3 heterocycles. The first kappa shape index (κ1) is 26.5. The Morgan fingerprint density at radius 3 is 2.49 bits per heavy atom. The van der Waals surface area contributed by atoms with E-state index in [1.54, 1.807) is 11.9 Å². The number of fused-ring (bicyclic) bond motifs is 1. The minimum atomic E-state index is -4.76. The topological polar surface area (TPSA) is 91.3 Å². The second-order valence-corrected chi connectivity index (χ2v) is 9.56. The Morgan fingerprint density at radius 2 is 1.82 bits per heavy atom. The number of halogens is 5. The van der Waals surface area contributed by atoms with Gasteiger partial charge in [0.2, 0.25) is 5.88 Å². The van der Waals surface area contributed by atoms with Gasteiger partial charge in [-0.15, -0.1) is 0 Å². The second-order valence-electron chi connectivity index (χ2n) is 9.56. The van der Waals surface area contributed by atoms with Gasteiger partial charge in [0.05, 0.1) is 33.8 Å². The summed E-state index contributed by atoms with van der Waals surface area (Å²) >= 11 is 0. The molecule has 0 atom stereocenters. The molecule has 1 saturated carbocycles. The van der Waals surface area contributed by atoms with Gasteiger partial charge in [-0.1, -0.05) is 0 Å². The maximum Gasteiger partial charge on any atom is 0.418 e. The zero-order valence-corrected chi connectivity index (χ0v) is 21.0. The van der Waals surface area contributed by atoms with Gasteiger partial charge >= 0.3 is 6.18 Å². The Bertz CT molecular complexity index is 1650. The van der Waals surface area contributed by atoms with Crippen molar-refractivity contribution >= 4 is 16.7 Å². The first-order valence-corrected chi connectivity index (χ1v) is 12.0. The number of benzene rings is 1. The predicted molar refractivity (Wildman–Crippen MR) is 134 cm³/mol. The van der Waals surface area contributed by atoms with Crippen LogP contribution in [0.3, 0.4) is 0 Å². The van der Waals surface area contributed by atoms with Crippen molar-refractivity contribution in [1.29, 1.82) is 0 Å². The first-order valence-electron chi connectivity index (χ1n) is 12.0. The molecule has 1 aliphatic rings. The summed E-state index contributed by atoms with van der Waals surface area (Å²) in [6, 6.07) is 4.60. The van der Waals surface area contributed by atoms with Gasteiger partial charge < -0.3 is 19.7 Å². The van der Waals surface area contributed by atoms with Crippen LogP contribution in [0.5, 0.6) is 11.6 Å². The lowest BCUT2D eigenvalue weighted by Crippen LogP contribution is -2.46. The third-order valence-corrected chi connectivity index (χ3v) is 7.07. The number of H-pyrrole nitrogens is 1. The van der Waals surface area contributed by atoms with Crippen LogP contribution in [0.15, 0.2) is 41.5 Å². The molecule has 0 spiro atoms. The number of hydrogen-bond donors (Lipinski definition) is 2. The first-order chi connectivity index (χ1) is 18.4. The number of aromatic nitrogens is 3. The molecule has 1 aromatic carbocycles. The number of aliphatic hydroxyl groups is 1. The second kappa shape index (κ2) is 9.60. The highest BCUT2D eigenvalue weighted by molar-refractivity contribution is 5.91. The van der Waals surface area contributed by atoms with E-state index in [1.807, 2.05) is 0 Å². The highest BCUT2D eigenvalue weighted by Gasteiger charge is 2.36. The number of nitrogens with one attached hydrogen (secondary N) is 1. The Hall–Kier alpha value is -4.06. The zero-order chi connectivity index (χ0) is 28.2. The number of aliphatic hydroxyl groups excluding tert-OH is 1. The summed E-state index contributed by atoms with van der Waals surface area (Å²) in [5.41, 5.74) is -1.92. The Kier molecular flexibility index (Phi) is 6.53. The van der Waals surface area contributed by atoms with Crippen LogP contribution in [-0.4, -0.2) is 39.3 Å². The number of anilines is 1. The minimum absolute atomic E-state index is 0.0160. The van der Waals surface area contributed by atoms with Gasteiger partial charge in [-0.25, -0.2) is 18.7 Å². The molecule has 39 heavy (non-hydrogen) atoms. The third-order valence-electron chi connectivity index (χ3n) is 7.07. The standard InChI is InChI=1S/C27H23F5N4O3/c1-12-16(27(30,31)32)11-34-26(39-21-5-4-17(28)24(29)13(21)2)22(12)19-10-20(38)23-18(35-19)6-7-33-25(23)36(3)14-8-15(37)9-14/h4-7,10-11,14-15,37H,8-9H2,1-3H3,(H,35,38). The zero-order valence-electron chi connectivity index (χ0n) is 21.0. The normalized spacial score (nSPS) is 17.3. The molecule has 204 valence electrons. The van der Waals surface area contributed by atoms with Crippen molar-refractivity contribution in [2.75, 3.05) is 11.9 Å². The van der Waals surface area contributed by atoms with Gasteiger partial charge in [0, 0.05) is 37.1 Å². The lowest BCUT2D eigenvalue weighted by atomic mass is 9.88. The molecule has 0 saturated heterocycles. The monoisotopic (exact) mass is 546 g/mol. The Morgan fingerprint density at radius 1 is 1.10 bits per heavy atom.